The van der Waals surface area contributed by atoms with Gasteiger partial charge < -0.3 is 27.6 Å². The summed E-state index contributed by atoms with van der Waals surface area (Å²) in [6.45, 7) is 0. The Labute approximate surface area is 179 Å². The number of carboxylic acid groups (broad SMARTS) is 4. The first-order valence-corrected chi connectivity index (χ1v) is 2.21. The van der Waals surface area contributed by atoms with Crippen LogP contribution in [0.15, 0.2) is 0 Å². The van der Waals surface area contributed by atoms with E-state index in [0.29, 0.717) is 0 Å². The van der Waals surface area contributed by atoms with Gasteiger partial charge in [-0.15, -0.1) is 0 Å². The van der Waals surface area contributed by atoms with Crippen molar-refractivity contribution in [2.45, 2.75) is 0 Å². The minimum Gasteiger partial charge on any atom is -1.00 e. The monoisotopic (exact) mass is 288 g/mol. The third kappa shape index (κ3) is 31.3. The second-order valence-electron chi connectivity index (χ2n) is 1.22. The number of aliphatic carboxylic acids is 4. The van der Waals surface area contributed by atoms with Crippen LogP contribution in [0, 0.1) is 0 Å². The number of hydrogen-bond donors (Lipinski definition) is 4. The third-order valence-corrected chi connectivity index (χ3v) is 0.366. The Morgan fingerprint density at radius 2 is 0.733 bits per heavy atom. The maximum absolute atomic E-state index is 9.10. The van der Waals surface area contributed by atoms with Crippen molar-refractivity contribution in [3.63, 3.8) is 0 Å². The first-order chi connectivity index (χ1) is 5.29. The van der Waals surface area contributed by atoms with E-state index in [-0.39, 0.29) is 119 Å². The van der Waals surface area contributed by atoms with E-state index in [1.54, 1.807) is 0 Å². The van der Waals surface area contributed by atoms with E-state index < -0.39 is 23.9 Å². The summed E-state index contributed by atoms with van der Waals surface area (Å²) in [5.41, 5.74) is 0. The summed E-state index contributed by atoms with van der Waals surface area (Å²) in [6, 6.07) is 0. The molecule has 0 bridgehead atoms. The first kappa shape index (κ1) is 30.0. The Balaban J connectivity index is -0.00000000893. The molecule has 11 heteroatoms. The van der Waals surface area contributed by atoms with Gasteiger partial charge >= 0.3 is 136 Å². The van der Waals surface area contributed by atoms with Gasteiger partial charge in [0.15, 0.2) is 0 Å². The summed E-state index contributed by atoms with van der Waals surface area (Å²) in [5, 5.41) is 29.6. The summed E-state index contributed by atoms with van der Waals surface area (Å²) in [4.78, 5) is 36.4. The van der Waals surface area contributed by atoms with Crippen molar-refractivity contribution in [1.82, 2.24) is 0 Å². The molecule has 0 amide bonds. The molecule has 8 nitrogen and oxygen atoms in total. The molecule has 0 aromatic rings. The van der Waals surface area contributed by atoms with E-state index in [1.165, 1.54) is 0 Å². The van der Waals surface area contributed by atoms with Crippen molar-refractivity contribution in [1.29, 1.82) is 0 Å². The van der Waals surface area contributed by atoms with Crippen LogP contribution >= 0.6 is 0 Å². The average Bonchev–Trinajstić information content (AvgIpc) is 1.88. The minimum absolute atomic E-state index is 0. The van der Waals surface area contributed by atoms with Crippen LogP contribution in [0.25, 0.3) is 0 Å². The largest absolute Gasteiger partial charge is 2.00 e. The van der Waals surface area contributed by atoms with Crippen molar-refractivity contribution >= 4 is 84.7 Å². The van der Waals surface area contributed by atoms with Gasteiger partial charge in [-0.25, -0.2) is 19.2 Å². The van der Waals surface area contributed by atoms with E-state index in [0.717, 1.165) is 0 Å². The van der Waals surface area contributed by atoms with Crippen LogP contribution in [-0.4, -0.2) is 105 Å². The normalized spacial score (nSPS) is 5.87. The Hall–Kier alpha value is 1.54. The second kappa shape index (κ2) is 17.9. The van der Waals surface area contributed by atoms with Crippen molar-refractivity contribution < 1.29 is 98.1 Å². The van der Waals surface area contributed by atoms with Crippen LogP contribution in [0.1, 0.15) is 7.13 Å². The van der Waals surface area contributed by atoms with E-state index in [4.69, 9.17) is 39.6 Å². The van der Waals surface area contributed by atoms with Gasteiger partial charge in [0.2, 0.25) is 0 Å². The molecule has 78 valence electrons. The molecule has 0 atom stereocenters. The molecule has 0 heterocycles. The molecule has 0 unspecified atom stereocenters. The van der Waals surface area contributed by atoms with Gasteiger partial charge in [-0.1, -0.05) is 0 Å². The number of hydrogen-bond acceptors (Lipinski definition) is 4. The van der Waals surface area contributed by atoms with Crippen LogP contribution < -0.4 is 51.4 Å². The van der Waals surface area contributed by atoms with Crippen LogP contribution in [0.2, 0.25) is 0 Å². The smallest absolute Gasteiger partial charge is 1.00 e. The number of carbonyl (C=O) groups is 4. The summed E-state index contributed by atoms with van der Waals surface area (Å²) in [6.07, 6.45) is 0. The molecule has 0 aliphatic rings. The van der Waals surface area contributed by atoms with Gasteiger partial charge in [0.05, 0.1) is 0 Å². The molecule has 0 fully saturated rings. The summed E-state index contributed by atoms with van der Waals surface area (Å²) >= 11 is 0. The maximum Gasteiger partial charge on any atom is 2.00 e. The van der Waals surface area contributed by atoms with E-state index >= 15 is 0 Å². The van der Waals surface area contributed by atoms with Gasteiger partial charge in [0, 0.05) is 0 Å². The molecule has 0 rings (SSSR count). The molecule has 0 aliphatic heterocycles. The van der Waals surface area contributed by atoms with Gasteiger partial charge in [-0.05, 0) is 0 Å². The molecule has 0 aromatic heterocycles. The fraction of sp³-hybridized carbons (Fsp3) is 0. The third-order valence-electron chi connectivity index (χ3n) is 0.366. The van der Waals surface area contributed by atoms with Crippen LogP contribution in [-0.2, 0) is 19.2 Å². The van der Waals surface area contributed by atoms with E-state index in [2.05, 4.69) is 0 Å². The van der Waals surface area contributed by atoms with E-state index in [9.17, 15) is 0 Å². The molecular formula is C4H9CaKMgO8. The first-order valence-electron chi connectivity index (χ1n) is 2.21. The quantitative estimate of drug-likeness (QED) is 0.256. The zero-order valence-corrected chi connectivity index (χ0v) is 14.6. The summed E-state index contributed by atoms with van der Waals surface area (Å²) in [7, 11) is 0. The molecule has 0 spiro atoms. The Morgan fingerprint density at radius 1 is 0.667 bits per heavy atom. The molecule has 0 saturated carbocycles. The van der Waals surface area contributed by atoms with Crippen LogP contribution in [0.5, 0.6) is 0 Å². The molecule has 4 N–H and O–H groups in total. The molecule has 0 radical (unpaired) electrons. The van der Waals surface area contributed by atoms with Crippen LogP contribution in [0.4, 0.5) is 0 Å². The molecule has 0 aromatic carbocycles. The van der Waals surface area contributed by atoms with Crippen molar-refractivity contribution in [3.05, 3.63) is 0 Å². The minimum atomic E-state index is -1.82. The molecule has 0 saturated heterocycles. The molecule has 15 heavy (non-hydrogen) atoms. The van der Waals surface area contributed by atoms with Gasteiger partial charge in [-0.3, -0.25) is 0 Å². The average molecular weight is 289 g/mol. The Morgan fingerprint density at radius 3 is 0.733 bits per heavy atom. The zero-order chi connectivity index (χ0) is 10.3. The fourth-order valence-electron chi connectivity index (χ4n) is 0. The van der Waals surface area contributed by atoms with Crippen molar-refractivity contribution in [3.8, 4) is 0 Å². The molecule has 0 aliphatic carbocycles. The standard InChI is InChI=1S/2C2H2O4.Ca.K.Mg.5H/c2*3-1(4)2(5)6;;;;;;;;/h2*(H,3,4)(H,5,6);;;;;;;;/q;;+2;+1;+2;5*-1. The van der Waals surface area contributed by atoms with Gasteiger partial charge in [-0.2, -0.15) is 0 Å². The fourth-order valence-corrected chi connectivity index (χ4v) is 0. The maximum atomic E-state index is 9.10. The second-order valence-corrected chi connectivity index (χ2v) is 1.22. The summed E-state index contributed by atoms with van der Waals surface area (Å²) in [5.74, 6) is -7.30. The van der Waals surface area contributed by atoms with Crippen LogP contribution in [0.3, 0.4) is 0 Å². The number of carboxylic acids is 4. The number of rotatable bonds is 0. The van der Waals surface area contributed by atoms with Crippen molar-refractivity contribution in [2.24, 2.45) is 0 Å². The summed E-state index contributed by atoms with van der Waals surface area (Å²) < 4.78 is 0. The predicted octanol–water partition coefficient (Wildman–Crippen LogP) is -4.88. The zero-order valence-electron chi connectivity index (χ0n) is 12.8. The SMILES string of the molecule is O=C(O)C(=O)O.O=C(O)C(=O)O.[Ca+2].[H-].[H-].[H-].[H-].[H-].[K+].[Mg+2]. The Kier molecular flexibility index (Phi) is 35.8. The molecular weight excluding hydrogens is 280 g/mol. The van der Waals surface area contributed by atoms with Crippen molar-refractivity contribution in [2.75, 3.05) is 0 Å². The van der Waals surface area contributed by atoms with E-state index in [1.807, 2.05) is 0 Å². The Bertz CT molecular complexity index is 199. The van der Waals surface area contributed by atoms with Gasteiger partial charge in [0.1, 0.15) is 0 Å². The van der Waals surface area contributed by atoms with Gasteiger partial charge in [0.25, 0.3) is 0 Å². The topological polar surface area (TPSA) is 149 Å². The predicted molar refractivity (Wildman–Crippen MR) is 47.6 cm³/mol.